The molecule has 1 aliphatic rings. The summed E-state index contributed by atoms with van der Waals surface area (Å²) < 4.78 is 43.5. The van der Waals surface area contributed by atoms with Gasteiger partial charge in [-0.3, -0.25) is 4.79 Å². The Bertz CT molecular complexity index is 587. The fourth-order valence-corrected chi connectivity index (χ4v) is 2.69. The molecular formula is C13H13F3N2O2S. The van der Waals surface area contributed by atoms with Crippen molar-refractivity contribution in [2.24, 2.45) is 0 Å². The Labute approximate surface area is 123 Å². The van der Waals surface area contributed by atoms with Gasteiger partial charge in [-0.1, -0.05) is 11.8 Å². The van der Waals surface area contributed by atoms with Gasteiger partial charge in [-0.2, -0.15) is 13.2 Å². The number of carbonyl (C=O) groups is 1. The summed E-state index contributed by atoms with van der Waals surface area (Å²) >= 11 is 1.27. The molecule has 1 atom stereocenters. The Morgan fingerprint density at radius 2 is 2.10 bits per heavy atom. The van der Waals surface area contributed by atoms with E-state index in [-0.39, 0.29) is 11.7 Å². The van der Waals surface area contributed by atoms with Crippen LogP contribution in [0.1, 0.15) is 18.1 Å². The molecule has 21 heavy (non-hydrogen) atoms. The normalized spacial score (nSPS) is 18.0. The Morgan fingerprint density at radius 3 is 2.67 bits per heavy atom. The minimum atomic E-state index is -4.45. The van der Waals surface area contributed by atoms with Crippen molar-refractivity contribution in [3.8, 4) is 5.75 Å². The highest BCUT2D eigenvalue weighted by Crippen LogP contribution is 2.35. The molecule has 2 rings (SSSR count). The van der Waals surface area contributed by atoms with Gasteiger partial charge in [0.15, 0.2) is 5.50 Å². The summed E-state index contributed by atoms with van der Waals surface area (Å²) in [6.45, 7) is 1.37. The topological polar surface area (TPSA) is 50.4 Å². The van der Waals surface area contributed by atoms with Crippen LogP contribution in [-0.2, 0) is 11.0 Å². The van der Waals surface area contributed by atoms with Gasteiger partial charge in [0.25, 0.3) is 0 Å². The van der Waals surface area contributed by atoms with Gasteiger partial charge in [-0.25, -0.2) is 0 Å². The average molecular weight is 318 g/mol. The molecule has 114 valence electrons. The van der Waals surface area contributed by atoms with E-state index >= 15 is 0 Å². The predicted octanol–water partition coefficient (Wildman–Crippen LogP) is 2.77. The Kier molecular flexibility index (Phi) is 4.36. The van der Waals surface area contributed by atoms with E-state index < -0.39 is 17.2 Å². The highest BCUT2D eigenvalue weighted by Gasteiger charge is 2.32. The smallest absolute Gasteiger partial charge is 0.416 e. The molecular weight excluding hydrogens is 305 g/mol. The second kappa shape index (κ2) is 5.88. The summed E-state index contributed by atoms with van der Waals surface area (Å²) in [6.07, 6.45) is -4.45. The molecule has 0 saturated carbocycles. The predicted molar refractivity (Wildman–Crippen MR) is 74.3 cm³/mol. The number of methoxy groups -OCH3 is 1. The summed E-state index contributed by atoms with van der Waals surface area (Å²) in [5.41, 5.74) is -0.323. The molecule has 0 spiro atoms. The summed E-state index contributed by atoms with van der Waals surface area (Å²) in [5.74, 6) is -0.105. The van der Waals surface area contributed by atoms with Crippen LogP contribution in [-0.4, -0.2) is 18.5 Å². The van der Waals surface area contributed by atoms with Crippen LogP contribution < -0.4 is 15.4 Å². The van der Waals surface area contributed by atoms with Gasteiger partial charge in [0.05, 0.1) is 18.4 Å². The van der Waals surface area contributed by atoms with E-state index in [1.807, 2.05) is 0 Å². The fraction of sp³-hybridized carbons (Fsp3) is 0.308. The second-order valence-electron chi connectivity index (χ2n) is 4.34. The molecule has 1 unspecified atom stereocenters. The van der Waals surface area contributed by atoms with E-state index in [9.17, 15) is 18.0 Å². The summed E-state index contributed by atoms with van der Waals surface area (Å²) in [7, 11) is 1.31. The number of thioether (sulfide) groups is 1. The number of amides is 1. The number of hydrogen-bond donors (Lipinski definition) is 2. The van der Waals surface area contributed by atoms with E-state index in [0.29, 0.717) is 11.3 Å². The molecule has 0 aromatic heterocycles. The van der Waals surface area contributed by atoms with Crippen molar-refractivity contribution in [2.45, 2.75) is 18.6 Å². The van der Waals surface area contributed by atoms with Crippen molar-refractivity contribution < 1.29 is 22.7 Å². The van der Waals surface area contributed by atoms with Crippen LogP contribution in [0.15, 0.2) is 23.6 Å². The van der Waals surface area contributed by atoms with Crippen molar-refractivity contribution in [3.05, 3.63) is 34.7 Å². The third-order valence-electron chi connectivity index (χ3n) is 2.72. The third-order valence-corrected chi connectivity index (χ3v) is 3.60. The van der Waals surface area contributed by atoms with Gasteiger partial charge in [-0.05, 0) is 23.6 Å². The quantitative estimate of drug-likeness (QED) is 0.900. The van der Waals surface area contributed by atoms with Crippen LogP contribution in [0.3, 0.4) is 0 Å². The standard InChI is InChI=1S/C13H13F3N2O2S/c1-7(19)17-12-18-11(6-21-12)8-3-9(13(14,15)16)5-10(4-8)20-2/h3-6,12,18H,1-2H3,(H,17,19). The number of rotatable bonds is 3. The van der Waals surface area contributed by atoms with E-state index in [4.69, 9.17) is 4.74 Å². The molecule has 1 aromatic carbocycles. The minimum absolute atomic E-state index is 0.121. The Morgan fingerprint density at radius 1 is 1.38 bits per heavy atom. The van der Waals surface area contributed by atoms with Crippen LogP contribution in [0.5, 0.6) is 5.75 Å². The number of carbonyl (C=O) groups excluding carboxylic acids is 1. The number of alkyl halides is 3. The third kappa shape index (κ3) is 3.84. The van der Waals surface area contributed by atoms with Gasteiger partial charge < -0.3 is 15.4 Å². The Balaban J connectivity index is 2.26. The van der Waals surface area contributed by atoms with E-state index in [1.165, 1.54) is 31.9 Å². The number of halogens is 3. The Hall–Kier alpha value is -1.83. The van der Waals surface area contributed by atoms with E-state index in [1.54, 1.807) is 5.41 Å². The zero-order chi connectivity index (χ0) is 15.6. The molecule has 0 radical (unpaired) electrons. The largest absolute Gasteiger partial charge is 0.497 e. The molecule has 2 N–H and O–H groups in total. The zero-order valence-corrected chi connectivity index (χ0v) is 12.1. The summed E-state index contributed by atoms with van der Waals surface area (Å²) in [6, 6.07) is 3.49. The van der Waals surface area contributed by atoms with Gasteiger partial charge in [0.2, 0.25) is 5.91 Å². The van der Waals surface area contributed by atoms with Crippen LogP contribution in [0.2, 0.25) is 0 Å². The molecule has 0 bridgehead atoms. The first kappa shape index (κ1) is 15.6. The van der Waals surface area contributed by atoms with Gasteiger partial charge in [-0.15, -0.1) is 0 Å². The van der Waals surface area contributed by atoms with E-state index in [0.717, 1.165) is 12.1 Å². The highest BCUT2D eigenvalue weighted by atomic mass is 32.2. The maximum Gasteiger partial charge on any atom is 0.416 e. The molecule has 1 heterocycles. The van der Waals surface area contributed by atoms with Gasteiger partial charge >= 0.3 is 6.18 Å². The van der Waals surface area contributed by atoms with Crippen LogP contribution >= 0.6 is 11.8 Å². The fourth-order valence-electron chi connectivity index (χ4n) is 1.79. The van der Waals surface area contributed by atoms with Crippen molar-refractivity contribution in [2.75, 3.05) is 7.11 Å². The first-order chi connectivity index (χ1) is 9.79. The van der Waals surface area contributed by atoms with Crippen molar-refractivity contribution in [3.63, 3.8) is 0 Å². The molecule has 0 saturated heterocycles. The number of benzene rings is 1. The molecule has 8 heteroatoms. The lowest BCUT2D eigenvalue weighted by atomic mass is 10.1. The summed E-state index contributed by atoms with van der Waals surface area (Å²) in [4.78, 5) is 11.0. The zero-order valence-electron chi connectivity index (χ0n) is 11.2. The maximum absolute atomic E-state index is 12.9. The van der Waals surface area contributed by atoms with Crippen LogP contribution in [0, 0.1) is 0 Å². The lowest BCUT2D eigenvalue weighted by molar-refractivity contribution is -0.137. The average Bonchev–Trinajstić information content (AvgIpc) is 2.84. The molecule has 1 aliphatic heterocycles. The molecule has 0 aliphatic carbocycles. The van der Waals surface area contributed by atoms with Crippen LogP contribution in [0.25, 0.3) is 5.70 Å². The molecule has 1 amide bonds. The monoisotopic (exact) mass is 318 g/mol. The first-order valence-corrected chi connectivity index (χ1v) is 6.90. The van der Waals surface area contributed by atoms with E-state index in [2.05, 4.69) is 10.6 Å². The van der Waals surface area contributed by atoms with Crippen molar-refractivity contribution >= 4 is 23.4 Å². The van der Waals surface area contributed by atoms with Crippen molar-refractivity contribution in [1.29, 1.82) is 0 Å². The molecule has 0 fully saturated rings. The SMILES string of the molecule is COc1cc(C2=CSC(NC(C)=O)N2)cc(C(F)(F)F)c1. The maximum atomic E-state index is 12.9. The number of nitrogens with one attached hydrogen (secondary N) is 2. The molecule has 4 nitrogen and oxygen atoms in total. The number of ether oxygens (including phenoxy) is 1. The van der Waals surface area contributed by atoms with Crippen LogP contribution in [0.4, 0.5) is 13.2 Å². The lowest BCUT2D eigenvalue weighted by Gasteiger charge is -2.15. The number of hydrogen-bond acceptors (Lipinski definition) is 4. The first-order valence-electron chi connectivity index (χ1n) is 5.95. The van der Waals surface area contributed by atoms with Gasteiger partial charge in [0, 0.05) is 12.5 Å². The minimum Gasteiger partial charge on any atom is -0.497 e. The van der Waals surface area contributed by atoms with Crippen molar-refractivity contribution in [1.82, 2.24) is 10.6 Å². The highest BCUT2D eigenvalue weighted by molar-refractivity contribution is 8.03. The summed E-state index contributed by atoms with van der Waals surface area (Å²) in [5, 5.41) is 7.22. The second-order valence-corrected chi connectivity index (χ2v) is 5.32. The lowest BCUT2D eigenvalue weighted by Crippen LogP contribution is -2.38. The van der Waals surface area contributed by atoms with Gasteiger partial charge in [0.1, 0.15) is 5.75 Å². The molecule has 1 aromatic rings.